The summed E-state index contributed by atoms with van der Waals surface area (Å²) in [5, 5.41) is 11.3. The van der Waals surface area contributed by atoms with Gasteiger partial charge in [0, 0.05) is 30.8 Å². The minimum atomic E-state index is -4.43. The quantitative estimate of drug-likeness (QED) is 0.558. The Bertz CT molecular complexity index is 725. The first-order valence-corrected chi connectivity index (χ1v) is 9.03. The number of thiazole rings is 1. The molecule has 144 valence electrons. The Kier molecular flexibility index (Phi) is 6.95. The Labute approximate surface area is 153 Å². The number of aromatic nitrogens is 3. The van der Waals surface area contributed by atoms with Crippen LogP contribution in [0, 0.1) is 0 Å². The van der Waals surface area contributed by atoms with E-state index >= 15 is 0 Å². The van der Waals surface area contributed by atoms with Crippen molar-refractivity contribution in [2.45, 2.75) is 45.8 Å². The second-order valence-electron chi connectivity index (χ2n) is 5.70. The molecule has 0 saturated carbocycles. The van der Waals surface area contributed by atoms with E-state index in [9.17, 15) is 13.2 Å². The van der Waals surface area contributed by atoms with Crippen LogP contribution in [0.15, 0.2) is 14.9 Å². The van der Waals surface area contributed by atoms with E-state index in [-0.39, 0.29) is 12.5 Å². The molecule has 2 aromatic rings. The number of nitrogens with zero attached hydrogens (tertiary/aromatic N) is 4. The van der Waals surface area contributed by atoms with Crippen LogP contribution in [0.5, 0.6) is 0 Å². The highest BCUT2D eigenvalue weighted by atomic mass is 32.1. The highest BCUT2D eigenvalue weighted by Gasteiger charge is 2.33. The van der Waals surface area contributed by atoms with E-state index in [1.165, 1.54) is 0 Å². The molecule has 2 aromatic heterocycles. The number of nitrogens with one attached hydrogen (secondary N) is 2. The van der Waals surface area contributed by atoms with Crippen LogP contribution in [0.1, 0.15) is 49.1 Å². The third-order valence-electron chi connectivity index (χ3n) is 3.19. The van der Waals surface area contributed by atoms with Crippen molar-refractivity contribution in [3.63, 3.8) is 0 Å². The van der Waals surface area contributed by atoms with Crippen LogP contribution in [0.3, 0.4) is 0 Å². The summed E-state index contributed by atoms with van der Waals surface area (Å²) >= 11 is 0.936. The van der Waals surface area contributed by atoms with Crippen molar-refractivity contribution in [2.24, 2.45) is 4.99 Å². The van der Waals surface area contributed by atoms with Crippen LogP contribution < -0.4 is 10.6 Å². The second-order valence-corrected chi connectivity index (χ2v) is 6.64. The van der Waals surface area contributed by atoms with Gasteiger partial charge < -0.3 is 15.2 Å². The number of hydrogen-bond acceptors (Lipinski definition) is 6. The summed E-state index contributed by atoms with van der Waals surface area (Å²) in [5.41, 5.74) is -0.886. The molecule has 2 rings (SSSR count). The van der Waals surface area contributed by atoms with Gasteiger partial charge in [0.25, 0.3) is 0 Å². The van der Waals surface area contributed by atoms with Crippen LogP contribution >= 0.6 is 11.3 Å². The van der Waals surface area contributed by atoms with Gasteiger partial charge in [-0.1, -0.05) is 19.0 Å². The first kappa shape index (κ1) is 20.1. The first-order valence-electron chi connectivity index (χ1n) is 8.15. The van der Waals surface area contributed by atoms with Gasteiger partial charge in [-0.3, -0.25) is 0 Å². The molecule has 2 N–H and O–H groups in total. The third-order valence-corrected chi connectivity index (χ3v) is 4.02. The molecule has 0 atom stereocenters. The second kappa shape index (κ2) is 8.97. The Morgan fingerprint density at radius 1 is 1.31 bits per heavy atom. The van der Waals surface area contributed by atoms with Gasteiger partial charge in [0.05, 0.1) is 6.54 Å². The van der Waals surface area contributed by atoms with Crippen molar-refractivity contribution in [3.8, 4) is 0 Å². The standard InChI is InChI=1S/C15H21F3N6OS/c1-4-19-14(20-6-5-11-23-13(9(2)3)24-25-11)21-7-12-22-10(8-26-12)15(16,17)18/h8-9H,4-7H2,1-3H3,(H2,19,20,21). The molecule has 0 spiro atoms. The predicted octanol–water partition coefficient (Wildman–Crippen LogP) is 2.97. The Morgan fingerprint density at radius 2 is 2.08 bits per heavy atom. The number of alkyl halides is 3. The molecule has 0 aliphatic carbocycles. The topological polar surface area (TPSA) is 88.2 Å². The maximum absolute atomic E-state index is 12.6. The average molecular weight is 390 g/mol. The summed E-state index contributed by atoms with van der Waals surface area (Å²) in [4.78, 5) is 12.1. The lowest BCUT2D eigenvalue weighted by Gasteiger charge is -2.09. The van der Waals surface area contributed by atoms with Gasteiger partial charge in [-0.15, -0.1) is 11.3 Å². The molecule has 2 heterocycles. The Hall–Kier alpha value is -2.17. The van der Waals surface area contributed by atoms with E-state index in [0.29, 0.717) is 42.2 Å². The van der Waals surface area contributed by atoms with Gasteiger partial charge in [0.2, 0.25) is 5.89 Å². The van der Waals surface area contributed by atoms with Gasteiger partial charge >= 0.3 is 6.18 Å². The van der Waals surface area contributed by atoms with Crippen LogP contribution in [0.25, 0.3) is 0 Å². The largest absolute Gasteiger partial charge is 0.434 e. The molecular formula is C15H21F3N6OS. The summed E-state index contributed by atoms with van der Waals surface area (Å²) in [5.74, 6) is 1.86. The molecule has 0 saturated heterocycles. The zero-order valence-corrected chi connectivity index (χ0v) is 15.5. The Morgan fingerprint density at radius 3 is 2.65 bits per heavy atom. The highest BCUT2D eigenvalue weighted by Crippen LogP contribution is 2.30. The maximum atomic E-state index is 12.6. The molecule has 0 fully saturated rings. The SMILES string of the molecule is CCNC(=NCc1nc(C(F)(F)F)cs1)NCCc1nc(C(C)C)no1. The highest BCUT2D eigenvalue weighted by molar-refractivity contribution is 7.09. The predicted molar refractivity (Wildman–Crippen MR) is 92.0 cm³/mol. The number of halogens is 3. The molecule has 0 bridgehead atoms. The van der Waals surface area contributed by atoms with Gasteiger partial charge in [-0.2, -0.15) is 18.2 Å². The fourth-order valence-electron chi connectivity index (χ4n) is 1.89. The Balaban J connectivity index is 1.88. The van der Waals surface area contributed by atoms with E-state index in [1.54, 1.807) is 0 Å². The first-order chi connectivity index (χ1) is 12.3. The van der Waals surface area contributed by atoms with E-state index in [4.69, 9.17) is 4.52 Å². The van der Waals surface area contributed by atoms with Crippen LogP contribution in [-0.4, -0.2) is 34.2 Å². The molecule has 0 radical (unpaired) electrons. The summed E-state index contributed by atoms with van der Waals surface area (Å²) < 4.78 is 42.8. The number of rotatable bonds is 7. The smallest absolute Gasteiger partial charge is 0.357 e. The van der Waals surface area contributed by atoms with Crippen LogP contribution in [-0.2, 0) is 19.1 Å². The molecule has 0 amide bonds. The summed E-state index contributed by atoms with van der Waals surface area (Å²) in [7, 11) is 0. The number of aliphatic imine (C=N–C) groups is 1. The number of hydrogen-bond donors (Lipinski definition) is 2. The summed E-state index contributed by atoms with van der Waals surface area (Å²) in [6.07, 6.45) is -3.92. The zero-order valence-electron chi connectivity index (χ0n) is 14.7. The monoisotopic (exact) mass is 390 g/mol. The van der Waals surface area contributed by atoms with Crippen molar-refractivity contribution in [1.29, 1.82) is 0 Å². The lowest BCUT2D eigenvalue weighted by atomic mass is 10.2. The van der Waals surface area contributed by atoms with Crippen LogP contribution in [0.2, 0.25) is 0 Å². The summed E-state index contributed by atoms with van der Waals surface area (Å²) in [6, 6.07) is 0. The summed E-state index contributed by atoms with van der Waals surface area (Å²) in [6.45, 7) is 7.04. The molecule has 0 aliphatic rings. The van der Waals surface area contributed by atoms with Gasteiger partial charge in [0.15, 0.2) is 17.5 Å². The van der Waals surface area contributed by atoms with E-state index in [1.807, 2.05) is 20.8 Å². The van der Waals surface area contributed by atoms with Crippen molar-refractivity contribution in [2.75, 3.05) is 13.1 Å². The minimum absolute atomic E-state index is 0.0636. The zero-order chi connectivity index (χ0) is 19.2. The van der Waals surface area contributed by atoms with Crippen molar-refractivity contribution >= 4 is 17.3 Å². The van der Waals surface area contributed by atoms with Crippen molar-refractivity contribution < 1.29 is 17.7 Å². The van der Waals surface area contributed by atoms with Gasteiger partial charge in [0.1, 0.15) is 5.01 Å². The molecule has 0 aliphatic heterocycles. The number of guanidine groups is 1. The van der Waals surface area contributed by atoms with Crippen molar-refractivity contribution in [1.82, 2.24) is 25.8 Å². The molecule has 7 nitrogen and oxygen atoms in total. The van der Waals surface area contributed by atoms with Crippen molar-refractivity contribution in [3.05, 3.63) is 27.8 Å². The fourth-order valence-corrected chi connectivity index (χ4v) is 2.62. The molecule has 26 heavy (non-hydrogen) atoms. The normalized spacial score (nSPS) is 12.7. The molecule has 0 aromatic carbocycles. The van der Waals surface area contributed by atoms with Crippen LogP contribution in [0.4, 0.5) is 13.2 Å². The average Bonchev–Trinajstić information content (AvgIpc) is 3.21. The van der Waals surface area contributed by atoms with Gasteiger partial charge in [-0.25, -0.2) is 9.98 Å². The third kappa shape index (κ3) is 5.97. The van der Waals surface area contributed by atoms with E-state index < -0.39 is 11.9 Å². The minimum Gasteiger partial charge on any atom is -0.357 e. The van der Waals surface area contributed by atoms with E-state index in [0.717, 1.165) is 16.7 Å². The molecule has 11 heteroatoms. The maximum Gasteiger partial charge on any atom is 0.434 e. The van der Waals surface area contributed by atoms with Gasteiger partial charge in [-0.05, 0) is 6.92 Å². The molecule has 0 unspecified atom stereocenters. The lowest BCUT2D eigenvalue weighted by molar-refractivity contribution is -0.140. The lowest BCUT2D eigenvalue weighted by Crippen LogP contribution is -2.38. The fraction of sp³-hybridized carbons (Fsp3) is 0.600. The van der Waals surface area contributed by atoms with E-state index in [2.05, 4.69) is 30.8 Å². The molecular weight excluding hydrogens is 369 g/mol.